The summed E-state index contributed by atoms with van der Waals surface area (Å²) in [5, 5.41) is 8.87. The average molecular weight is 264 g/mol. The lowest BCUT2D eigenvalue weighted by molar-refractivity contribution is 0.0697. The van der Waals surface area contributed by atoms with Crippen LogP contribution >= 0.6 is 0 Å². The van der Waals surface area contributed by atoms with Gasteiger partial charge in [-0.05, 0) is 17.7 Å². The Morgan fingerprint density at radius 3 is 2.32 bits per heavy atom. The molecule has 0 aliphatic heterocycles. The van der Waals surface area contributed by atoms with E-state index < -0.39 is 17.6 Å². The molecule has 0 saturated carbocycles. The lowest BCUT2D eigenvalue weighted by atomic mass is 10.0. The molecular formula is C14H10F2O3. The Kier molecular flexibility index (Phi) is 3.46. The van der Waals surface area contributed by atoms with E-state index in [1.807, 2.05) is 0 Å². The van der Waals surface area contributed by atoms with E-state index in [1.165, 1.54) is 31.4 Å². The molecule has 1 N–H and O–H groups in total. The van der Waals surface area contributed by atoms with Gasteiger partial charge in [-0.25, -0.2) is 13.6 Å². The smallest absolute Gasteiger partial charge is 0.335 e. The van der Waals surface area contributed by atoms with Gasteiger partial charge < -0.3 is 9.84 Å². The molecule has 0 heterocycles. The van der Waals surface area contributed by atoms with Crippen LogP contribution < -0.4 is 4.74 Å². The quantitative estimate of drug-likeness (QED) is 0.924. The van der Waals surface area contributed by atoms with Crippen LogP contribution in [0.4, 0.5) is 8.78 Å². The summed E-state index contributed by atoms with van der Waals surface area (Å²) in [4.78, 5) is 10.8. The van der Waals surface area contributed by atoms with Crippen molar-refractivity contribution in [3.05, 3.63) is 53.6 Å². The first-order valence-electron chi connectivity index (χ1n) is 5.39. The third-order valence-corrected chi connectivity index (χ3v) is 2.65. The van der Waals surface area contributed by atoms with Crippen molar-refractivity contribution in [1.82, 2.24) is 0 Å². The Bertz CT molecular complexity index is 615. The fraction of sp³-hybridized carbons (Fsp3) is 0.0714. The van der Waals surface area contributed by atoms with Crippen molar-refractivity contribution in [3.63, 3.8) is 0 Å². The Morgan fingerprint density at radius 1 is 1.16 bits per heavy atom. The fourth-order valence-electron chi connectivity index (χ4n) is 1.75. The van der Waals surface area contributed by atoms with Crippen LogP contribution in [0.3, 0.4) is 0 Å². The maximum atomic E-state index is 13.8. The predicted octanol–water partition coefficient (Wildman–Crippen LogP) is 3.34. The zero-order valence-electron chi connectivity index (χ0n) is 9.98. The minimum absolute atomic E-state index is 0.0351. The summed E-state index contributed by atoms with van der Waals surface area (Å²) in [6, 6.07) is 7.54. The molecule has 0 aliphatic carbocycles. The van der Waals surface area contributed by atoms with Gasteiger partial charge in [0.05, 0.1) is 18.2 Å². The van der Waals surface area contributed by atoms with Gasteiger partial charge in [-0.1, -0.05) is 12.1 Å². The van der Waals surface area contributed by atoms with Crippen molar-refractivity contribution in [1.29, 1.82) is 0 Å². The second kappa shape index (κ2) is 5.06. The van der Waals surface area contributed by atoms with Crippen molar-refractivity contribution >= 4 is 5.97 Å². The van der Waals surface area contributed by atoms with Gasteiger partial charge in [0.15, 0.2) is 0 Å². The van der Waals surface area contributed by atoms with Crippen molar-refractivity contribution in [3.8, 4) is 16.9 Å². The first-order chi connectivity index (χ1) is 9.02. The lowest BCUT2D eigenvalue weighted by Crippen LogP contribution is -1.98. The van der Waals surface area contributed by atoms with Crippen LogP contribution in [0.15, 0.2) is 36.4 Å². The number of rotatable bonds is 3. The largest absolute Gasteiger partial charge is 0.497 e. The summed E-state index contributed by atoms with van der Waals surface area (Å²) in [7, 11) is 1.30. The molecule has 0 spiro atoms. The van der Waals surface area contributed by atoms with Gasteiger partial charge in [0.1, 0.15) is 17.4 Å². The van der Waals surface area contributed by atoms with Crippen LogP contribution in [-0.4, -0.2) is 18.2 Å². The van der Waals surface area contributed by atoms with E-state index in [2.05, 4.69) is 0 Å². The molecule has 0 saturated heterocycles. The molecule has 2 aromatic rings. The monoisotopic (exact) mass is 264 g/mol. The summed E-state index contributed by atoms with van der Waals surface area (Å²) in [6.07, 6.45) is 0. The number of aromatic carboxylic acids is 1. The lowest BCUT2D eigenvalue weighted by Gasteiger charge is -2.08. The summed E-state index contributed by atoms with van der Waals surface area (Å²) < 4.78 is 32.5. The molecule has 0 fully saturated rings. The molecule has 2 rings (SSSR count). The maximum absolute atomic E-state index is 13.8. The highest BCUT2D eigenvalue weighted by molar-refractivity contribution is 5.89. The molecular weight excluding hydrogens is 254 g/mol. The zero-order chi connectivity index (χ0) is 14.0. The molecule has 19 heavy (non-hydrogen) atoms. The molecule has 0 unspecified atom stereocenters. The standard InChI is InChI=1S/C14H10F2O3/c1-19-10-6-11(15)13(12(16)7-10)8-3-2-4-9(5-8)14(17)18/h2-7H,1H3,(H,17,18). The van der Waals surface area contributed by atoms with E-state index in [0.29, 0.717) is 0 Å². The second-order valence-corrected chi connectivity index (χ2v) is 3.85. The van der Waals surface area contributed by atoms with Crippen LogP contribution in [0.1, 0.15) is 10.4 Å². The van der Waals surface area contributed by atoms with Gasteiger partial charge in [0.25, 0.3) is 0 Å². The van der Waals surface area contributed by atoms with Gasteiger partial charge in [0.2, 0.25) is 0 Å². The molecule has 5 heteroatoms. The first-order valence-corrected chi connectivity index (χ1v) is 5.39. The zero-order valence-corrected chi connectivity index (χ0v) is 9.98. The molecule has 0 aromatic heterocycles. The molecule has 0 bridgehead atoms. The highest BCUT2D eigenvalue weighted by Crippen LogP contribution is 2.30. The van der Waals surface area contributed by atoms with E-state index in [4.69, 9.17) is 9.84 Å². The van der Waals surface area contributed by atoms with Crippen LogP contribution in [-0.2, 0) is 0 Å². The van der Waals surface area contributed by atoms with Crippen molar-refractivity contribution in [2.45, 2.75) is 0 Å². The molecule has 98 valence electrons. The van der Waals surface area contributed by atoms with Crippen LogP contribution in [0, 0.1) is 11.6 Å². The molecule has 2 aromatic carbocycles. The molecule has 0 aliphatic rings. The van der Waals surface area contributed by atoms with E-state index >= 15 is 0 Å². The number of hydrogen-bond donors (Lipinski definition) is 1. The van der Waals surface area contributed by atoms with Crippen LogP contribution in [0.5, 0.6) is 5.75 Å². The SMILES string of the molecule is COc1cc(F)c(-c2cccc(C(=O)O)c2)c(F)c1. The molecule has 0 radical (unpaired) electrons. The van der Waals surface area contributed by atoms with Crippen LogP contribution in [0.25, 0.3) is 11.1 Å². The van der Waals surface area contributed by atoms with Crippen molar-refractivity contribution in [2.24, 2.45) is 0 Å². The Morgan fingerprint density at radius 2 is 1.79 bits per heavy atom. The van der Waals surface area contributed by atoms with Gasteiger partial charge in [0, 0.05) is 12.1 Å². The van der Waals surface area contributed by atoms with Gasteiger partial charge in [-0.3, -0.25) is 0 Å². The Labute approximate surface area is 108 Å². The normalized spacial score (nSPS) is 10.3. The predicted molar refractivity (Wildman–Crippen MR) is 65.3 cm³/mol. The van der Waals surface area contributed by atoms with E-state index in [1.54, 1.807) is 0 Å². The molecule has 0 atom stereocenters. The van der Waals surface area contributed by atoms with Crippen LogP contribution in [0.2, 0.25) is 0 Å². The summed E-state index contributed by atoms with van der Waals surface area (Å²) in [5.41, 5.74) is -0.145. The number of ether oxygens (including phenoxy) is 1. The highest BCUT2D eigenvalue weighted by atomic mass is 19.1. The summed E-state index contributed by atoms with van der Waals surface area (Å²) in [6.45, 7) is 0. The highest BCUT2D eigenvalue weighted by Gasteiger charge is 2.15. The maximum Gasteiger partial charge on any atom is 0.335 e. The van der Waals surface area contributed by atoms with E-state index in [-0.39, 0.29) is 22.4 Å². The number of methoxy groups -OCH3 is 1. The van der Waals surface area contributed by atoms with Crippen molar-refractivity contribution in [2.75, 3.05) is 7.11 Å². The summed E-state index contributed by atoms with van der Waals surface area (Å²) in [5.74, 6) is -2.71. The third kappa shape index (κ3) is 2.54. The number of halogens is 2. The third-order valence-electron chi connectivity index (χ3n) is 2.65. The van der Waals surface area contributed by atoms with Gasteiger partial charge in [-0.15, -0.1) is 0 Å². The first kappa shape index (κ1) is 13.0. The number of carboxylic acids is 1. The van der Waals surface area contributed by atoms with Gasteiger partial charge in [-0.2, -0.15) is 0 Å². The Balaban J connectivity index is 2.59. The van der Waals surface area contributed by atoms with E-state index in [9.17, 15) is 13.6 Å². The van der Waals surface area contributed by atoms with Crippen molar-refractivity contribution < 1.29 is 23.4 Å². The number of carbonyl (C=O) groups is 1. The van der Waals surface area contributed by atoms with E-state index in [0.717, 1.165) is 12.1 Å². The Hall–Kier alpha value is -2.43. The second-order valence-electron chi connectivity index (χ2n) is 3.85. The number of benzene rings is 2. The minimum Gasteiger partial charge on any atom is -0.497 e. The molecule has 0 amide bonds. The fourth-order valence-corrected chi connectivity index (χ4v) is 1.75. The van der Waals surface area contributed by atoms with Gasteiger partial charge >= 0.3 is 5.97 Å². The number of hydrogen-bond acceptors (Lipinski definition) is 2. The average Bonchev–Trinajstić information content (AvgIpc) is 2.38. The minimum atomic E-state index is -1.16. The summed E-state index contributed by atoms with van der Waals surface area (Å²) >= 11 is 0. The molecule has 3 nitrogen and oxygen atoms in total. The number of carboxylic acid groups (broad SMARTS) is 1. The topological polar surface area (TPSA) is 46.5 Å².